The average molecular weight is 193 g/mol. The molecule has 0 radical (unpaired) electrons. The molecule has 78 valence electrons. The fraction of sp³-hybridized carbons (Fsp3) is 0.500. The summed E-state index contributed by atoms with van der Waals surface area (Å²) in [5, 5.41) is 0. The zero-order valence-electron chi connectivity index (χ0n) is 8.99. The molecule has 0 aliphatic carbocycles. The number of para-hydroxylation sites is 1. The molecule has 1 atom stereocenters. The Hall–Kier alpha value is -1.02. The number of benzene rings is 1. The fourth-order valence-corrected chi connectivity index (χ4v) is 1.34. The van der Waals surface area contributed by atoms with Crippen LogP contribution in [0.4, 0.5) is 0 Å². The van der Waals surface area contributed by atoms with Gasteiger partial charge in [0.1, 0.15) is 12.4 Å². The van der Waals surface area contributed by atoms with Crippen molar-refractivity contribution < 1.29 is 4.74 Å². The Bertz CT molecular complexity index is 271. The van der Waals surface area contributed by atoms with Crippen LogP contribution in [0.15, 0.2) is 24.3 Å². The highest BCUT2D eigenvalue weighted by Crippen LogP contribution is 2.19. The van der Waals surface area contributed by atoms with Crippen LogP contribution in [-0.2, 0) is 6.42 Å². The number of hydrogen-bond donors (Lipinski definition) is 1. The SMILES string of the molecule is CCCc1ccccc1OCC(C)N. The fourth-order valence-electron chi connectivity index (χ4n) is 1.34. The molecule has 1 aromatic carbocycles. The van der Waals surface area contributed by atoms with Crippen LogP contribution in [0, 0.1) is 0 Å². The highest BCUT2D eigenvalue weighted by molar-refractivity contribution is 5.33. The Kier molecular flexibility index (Phi) is 4.47. The van der Waals surface area contributed by atoms with E-state index in [4.69, 9.17) is 10.5 Å². The summed E-state index contributed by atoms with van der Waals surface area (Å²) in [7, 11) is 0. The molecule has 0 fully saturated rings. The van der Waals surface area contributed by atoms with E-state index in [2.05, 4.69) is 13.0 Å². The Morgan fingerprint density at radius 1 is 1.36 bits per heavy atom. The van der Waals surface area contributed by atoms with Crippen molar-refractivity contribution in [3.8, 4) is 5.75 Å². The standard InChI is InChI=1S/C12H19NO/c1-3-6-11-7-4-5-8-12(11)14-9-10(2)13/h4-5,7-8,10H,3,6,9,13H2,1-2H3. The molecule has 14 heavy (non-hydrogen) atoms. The first kappa shape index (κ1) is 11.1. The van der Waals surface area contributed by atoms with Gasteiger partial charge in [-0.25, -0.2) is 0 Å². The number of rotatable bonds is 5. The van der Waals surface area contributed by atoms with Crippen LogP contribution in [0.5, 0.6) is 5.75 Å². The van der Waals surface area contributed by atoms with E-state index in [-0.39, 0.29) is 6.04 Å². The topological polar surface area (TPSA) is 35.2 Å². The number of nitrogens with two attached hydrogens (primary N) is 1. The Morgan fingerprint density at radius 2 is 2.07 bits per heavy atom. The van der Waals surface area contributed by atoms with Gasteiger partial charge in [0, 0.05) is 6.04 Å². The minimum absolute atomic E-state index is 0.0877. The van der Waals surface area contributed by atoms with Crippen molar-refractivity contribution >= 4 is 0 Å². The van der Waals surface area contributed by atoms with E-state index >= 15 is 0 Å². The van der Waals surface area contributed by atoms with Crippen molar-refractivity contribution in [3.63, 3.8) is 0 Å². The summed E-state index contributed by atoms with van der Waals surface area (Å²) < 4.78 is 5.63. The molecule has 2 N–H and O–H groups in total. The second-order valence-corrected chi connectivity index (χ2v) is 3.65. The van der Waals surface area contributed by atoms with Gasteiger partial charge in [0.25, 0.3) is 0 Å². The van der Waals surface area contributed by atoms with Crippen LogP contribution < -0.4 is 10.5 Å². The maximum Gasteiger partial charge on any atom is 0.122 e. The lowest BCUT2D eigenvalue weighted by molar-refractivity contribution is 0.293. The second-order valence-electron chi connectivity index (χ2n) is 3.65. The third-order valence-corrected chi connectivity index (χ3v) is 1.99. The van der Waals surface area contributed by atoms with Crippen LogP contribution in [0.25, 0.3) is 0 Å². The Labute approximate surface area is 86.1 Å². The lowest BCUT2D eigenvalue weighted by Gasteiger charge is -2.12. The predicted octanol–water partition coefficient (Wildman–Crippen LogP) is 2.37. The van der Waals surface area contributed by atoms with Crippen molar-refractivity contribution in [2.75, 3.05) is 6.61 Å². The summed E-state index contributed by atoms with van der Waals surface area (Å²) in [4.78, 5) is 0. The minimum Gasteiger partial charge on any atom is -0.492 e. The predicted molar refractivity (Wildman–Crippen MR) is 59.6 cm³/mol. The molecule has 0 saturated carbocycles. The van der Waals surface area contributed by atoms with Crippen LogP contribution in [0.3, 0.4) is 0 Å². The Balaban J connectivity index is 2.64. The molecule has 2 nitrogen and oxygen atoms in total. The van der Waals surface area contributed by atoms with Crippen molar-refractivity contribution in [1.29, 1.82) is 0 Å². The average Bonchev–Trinajstić information content (AvgIpc) is 2.17. The molecule has 2 heteroatoms. The van der Waals surface area contributed by atoms with Crippen LogP contribution in [0.2, 0.25) is 0 Å². The molecule has 0 bridgehead atoms. The summed E-state index contributed by atoms with van der Waals surface area (Å²) >= 11 is 0. The molecule has 0 aliphatic rings. The van der Waals surface area contributed by atoms with Gasteiger partial charge in [0.2, 0.25) is 0 Å². The molecule has 0 aromatic heterocycles. The zero-order valence-corrected chi connectivity index (χ0v) is 8.99. The van der Waals surface area contributed by atoms with E-state index in [1.165, 1.54) is 5.56 Å². The van der Waals surface area contributed by atoms with Gasteiger partial charge in [-0.2, -0.15) is 0 Å². The highest BCUT2D eigenvalue weighted by atomic mass is 16.5. The van der Waals surface area contributed by atoms with Gasteiger partial charge in [0.05, 0.1) is 0 Å². The van der Waals surface area contributed by atoms with E-state index in [1.54, 1.807) is 0 Å². The largest absolute Gasteiger partial charge is 0.492 e. The molecule has 1 rings (SSSR count). The molecule has 0 amide bonds. The number of ether oxygens (including phenoxy) is 1. The van der Waals surface area contributed by atoms with E-state index < -0.39 is 0 Å². The first-order chi connectivity index (χ1) is 6.74. The number of aryl methyl sites for hydroxylation is 1. The maximum atomic E-state index is 5.64. The van der Waals surface area contributed by atoms with Crippen molar-refractivity contribution in [1.82, 2.24) is 0 Å². The maximum absolute atomic E-state index is 5.64. The number of hydrogen-bond acceptors (Lipinski definition) is 2. The molecular weight excluding hydrogens is 174 g/mol. The molecule has 1 aromatic rings. The summed E-state index contributed by atoms with van der Waals surface area (Å²) in [6, 6.07) is 8.25. The smallest absolute Gasteiger partial charge is 0.122 e. The van der Waals surface area contributed by atoms with E-state index in [1.807, 2.05) is 25.1 Å². The minimum atomic E-state index is 0.0877. The molecule has 0 spiro atoms. The van der Waals surface area contributed by atoms with Gasteiger partial charge in [-0.1, -0.05) is 31.5 Å². The van der Waals surface area contributed by atoms with E-state index in [0.29, 0.717) is 6.61 Å². The van der Waals surface area contributed by atoms with Crippen molar-refractivity contribution in [2.45, 2.75) is 32.7 Å². The van der Waals surface area contributed by atoms with Crippen molar-refractivity contribution in [2.24, 2.45) is 5.73 Å². The van der Waals surface area contributed by atoms with Crippen molar-refractivity contribution in [3.05, 3.63) is 29.8 Å². The van der Waals surface area contributed by atoms with Crippen LogP contribution in [0.1, 0.15) is 25.8 Å². The van der Waals surface area contributed by atoms with Gasteiger partial charge in [-0.05, 0) is 25.0 Å². The monoisotopic (exact) mass is 193 g/mol. The lowest BCUT2D eigenvalue weighted by Crippen LogP contribution is -2.23. The third kappa shape index (κ3) is 3.38. The van der Waals surface area contributed by atoms with E-state index in [0.717, 1.165) is 18.6 Å². The van der Waals surface area contributed by atoms with Gasteiger partial charge in [-0.3, -0.25) is 0 Å². The third-order valence-electron chi connectivity index (χ3n) is 1.99. The van der Waals surface area contributed by atoms with Gasteiger partial charge >= 0.3 is 0 Å². The van der Waals surface area contributed by atoms with E-state index in [9.17, 15) is 0 Å². The lowest BCUT2D eigenvalue weighted by atomic mass is 10.1. The van der Waals surface area contributed by atoms with Gasteiger partial charge < -0.3 is 10.5 Å². The molecular formula is C12H19NO. The molecule has 0 heterocycles. The van der Waals surface area contributed by atoms with Gasteiger partial charge in [0.15, 0.2) is 0 Å². The first-order valence-corrected chi connectivity index (χ1v) is 5.20. The van der Waals surface area contributed by atoms with Crippen LogP contribution in [-0.4, -0.2) is 12.6 Å². The molecule has 0 aliphatic heterocycles. The normalized spacial score (nSPS) is 12.5. The zero-order chi connectivity index (χ0) is 10.4. The summed E-state index contributed by atoms with van der Waals surface area (Å²) in [5.41, 5.74) is 6.91. The molecule has 1 unspecified atom stereocenters. The van der Waals surface area contributed by atoms with Gasteiger partial charge in [-0.15, -0.1) is 0 Å². The summed E-state index contributed by atoms with van der Waals surface area (Å²) in [5.74, 6) is 0.978. The second kappa shape index (κ2) is 5.66. The summed E-state index contributed by atoms with van der Waals surface area (Å²) in [6.45, 7) is 4.70. The highest BCUT2D eigenvalue weighted by Gasteiger charge is 2.02. The summed E-state index contributed by atoms with van der Waals surface area (Å²) in [6.07, 6.45) is 2.20. The molecule has 0 saturated heterocycles. The Morgan fingerprint density at radius 3 is 2.71 bits per heavy atom. The van der Waals surface area contributed by atoms with Crippen LogP contribution >= 0.6 is 0 Å². The quantitative estimate of drug-likeness (QED) is 0.779. The first-order valence-electron chi connectivity index (χ1n) is 5.20.